The first kappa shape index (κ1) is 20.8. The summed E-state index contributed by atoms with van der Waals surface area (Å²) in [6.07, 6.45) is 1.08. The highest BCUT2D eigenvalue weighted by Crippen LogP contribution is 2.32. The molecule has 1 fully saturated rings. The van der Waals surface area contributed by atoms with E-state index in [0.29, 0.717) is 30.5 Å². The molecule has 1 saturated heterocycles. The number of likely N-dealkylation sites (tertiary alicyclic amines) is 1. The van der Waals surface area contributed by atoms with Gasteiger partial charge in [0, 0.05) is 37.2 Å². The van der Waals surface area contributed by atoms with Crippen LogP contribution in [0.15, 0.2) is 48.5 Å². The van der Waals surface area contributed by atoms with Gasteiger partial charge in [0.15, 0.2) is 0 Å². The maximum absolute atomic E-state index is 13.8. The third-order valence-electron chi connectivity index (χ3n) is 6.02. The minimum atomic E-state index is -0.737. The first-order valence-corrected chi connectivity index (χ1v) is 10.4. The number of fused-ring (bicyclic) bond motifs is 1. The largest absolute Gasteiger partial charge is 0.362 e. The molecule has 2 atom stereocenters. The number of carbonyl (C=O) groups excluding carboxylic acids is 3. The summed E-state index contributed by atoms with van der Waals surface area (Å²) in [4.78, 5) is 39.5. The maximum Gasteiger partial charge on any atom is 0.255 e. The number of anilines is 1. The molecule has 0 aromatic heterocycles. The van der Waals surface area contributed by atoms with Gasteiger partial charge in [0.1, 0.15) is 17.5 Å². The molecular weight excluding hydrogens is 399 g/mol. The van der Waals surface area contributed by atoms with Gasteiger partial charge in [0.2, 0.25) is 11.8 Å². The van der Waals surface area contributed by atoms with Crippen molar-refractivity contribution >= 4 is 23.4 Å². The van der Waals surface area contributed by atoms with E-state index < -0.39 is 11.7 Å². The Labute approximate surface area is 180 Å². The average Bonchev–Trinajstić information content (AvgIpc) is 2.91. The van der Waals surface area contributed by atoms with Crippen molar-refractivity contribution in [2.45, 2.75) is 44.4 Å². The van der Waals surface area contributed by atoms with Crippen LogP contribution >= 0.6 is 0 Å². The second-order valence-electron chi connectivity index (χ2n) is 8.03. The van der Waals surface area contributed by atoms with Crippen molar-refractivity contribution < 1.29 is 18.8 Å². The Kier molecular flexibility index (Phi) is 5.63. The molecule has 3 amide bonds. The van der Waals surface area contributed by atoms with Crippen molar-refractivity contribution in [3.05, 3.63) is 65.5 Å². The number of benzene rings is 2. The van der Waals surface area contributed by atoms with Gasteiger partial charge in [-0.05, 0) is 31.5 Å². The highest BCUT2D eigenvalue weighted by molar-refractivity contribution is 6.02. The zero-order valence-corrected chi connectivity index (χ0v) is 17.3. The van der Waals surface area contributed by atoms with Crippen LogP contribution in [0.1, 0.15) is 42.1 Å². The lowest BCUT2D eigenvalue weighted by molar-refractivity contribution is -0.139. The first-order valence-electron chi connectivity index (χ1n) is 10.4. The Bertz CT molecular complexity index is 1030. The molecule has 8 heteroatoms. The van der Waals surface area contributed by atoms with Crippen LogP contribution in [0, 0.1) is 5.82 Å². The lowest BCUT2D eigenvalue weighted by atomic mass is 9.95. The van der Waals surface area contributed by atoms with Gasteiger partial charge >= 0.3 is 0 Å². The van der Waals surface area contributed by atoms with E-state index in [1.165, 1.54) is 11.0 Å². The molecule has 2 aliphatic rings. The fourth-order valence-electron chi connectivity index (χ4n) is 4.16. The molecule has 0 radical (unpaired) electrons. The topological polar surface area (TPSA) is 90.5 Å². The average molecular weight is 424 g/mol. The second kappa shape index (κ2) is 8.37. The first-order chi connectivity index (χ1) is 14.9. The Balaban J connectivity index is 1.43. The summed E-state index contributed by atoms with van der Waals surface area (Å²) in [6.45, 7) is 2.02. The van der Waals surface area contributed by atoms with Crippen molar-refractivity contribution in [1.29, 1.82) is 0 Å². The molecule has 2 aromatic rings. The smallest absolute Gasteiger partial charge is 0.255 e. The molecule has 0 saturated carbocycles. The highest BCUT2D eigenvalue weighted by Gasteiger charge is 2.41. The fraction of sp³-hybridized carbons (Fsp3) is 0.348. The van der Waals surface area contributed by atoms with Crippen molar-refractivity contribution in [1.82, 2.24) is 15.5 Å². The number of nitrogens with one attached hydrogen (secondary N) is 3. The molecular formula is C23H25FN4O3. The summed E-state index contributed by atoms with van der Waals surface area (Å²) in [5.74, 6) is -1.06. The lowest BCUT2D eigenvalue weighted by Crippen LogP contribution is -2.58. The number of nitrogens with zero attached hydrogens (tertiary/aromatic N) is 1. The van der Waals surface area contributed by atoms with Crippen LogP contribution in [0.5, 0.6) is 0 Å². The van der Waals surface area contributed by atoms with E-state index >= 15 is 0 Å². The number of halogens is 1. The van der Waals surface area contributed by atoms with Crippen LogP contribution in [0.4, 0.5) is 10.1 Å². The second-order valence-corrected chi connectivity index (χ2v) is 8.03. The molecule has 31 heavy (non-hydrogen) atoms. The molecule has 0 unspecified atom stereocenters. The van der Waals surface area contributed by atoms with E-state index in [9.17, 15) is 18.8 Å². The third-order valence-corrected chi connectivity index (χ3v) is 6.02. The number of rotatable bonds is 4. The van der Waals surface area contributed by atoms with Crippen LogP contribution in [-0.4, -0.2) is 40.9 Å². The molecule has 4 rings (SSSR count). The van der Waals surface area contributed by atoms with E-state index in [0.717, 1.165) is 5.69 Å². The molecule has 0 aliphatic carbocycles. The Morgan fingerprint density at radius 3 is 2.68 bits per heavy atom. The van der Waals surface area contributed by atoms with Gasteiger partial charge in [0.25, 0.3) is 5.91 Å². The quantitative estimate of drug-likeness (QED) is 0.703. The van der Waals surface area contributed by atoms with Crippen molar-refractivity contribution in [3.8, 4) is 0 Å². The number of hydrogen-bond donors (Lipinski definition) is 3. The number of carbonyl (C=O) groups is 3. The predicted octanol–water partition coefficient (Wildman–Crippen LogP) is 2.39. The Morgan fingerprint density at radius 1 is 1.13 bits per heavy atom. The molecule has 2 heterocycles. The summed E-state index contributed by atoms with van der Waals surface area (Å²) < 4.78 is 13.8. The van der Waals surface area contributed by atoms with Gasteiger partial charge in [-0.2, -0.15) is 0 Å². The summed E-state index contributed by atoms with van der Waals surface area (Å²) in [6, 6.07) is 12.8. The fourth-order valence-corrected chi connectivity index (χ4v) is 4.16. The van der Waals surface area contributed by atoms with Gasteiger partial charge in [-0.1, -0.05) is 30.3 Å². The summed E-state index contributed by atoms with van der Waals surface area (Å²) in [5, 5.41) is 9.12. The van der Waals surface area contributed by atoms with E-state index in [-0.39, 0.29) is 36.5 Å². The van der Waals surface area contributed by atoms with Crippen LogP contribution in [0.25, 0.3) is 0 Å². The van der Waals surface area contributed by atoms with E-state index in [2.05, 4.69) is 16.0 Å². The van der Waals surface area contributed by atoms with Gasteiger partial charge in [-0.25, -0.2) is 4.39 Å². The standard InChI is InChI=1S/C23H25FN4O3/c1-15(21(30)25-14-16-6-2-4-8-18(16)24)28-13-12-23(11-10-20(28)29)26-19-9-5-3-7-17(19)22(31)27-23/h2-9,15,26H,10-14H2,1H3,(H,25,30)(H,27,31)/t15-,23+/m0/s1. The number of hydrogen-bond acceptors (Lipinski definition) is 4. The van der Waals surface area contributed by atoms with Crippen LogP contribution in [0.3, 0.4) is 0 Å². The zero-order valence-electron chi connectivity index (χ0n) is 17.3. The van der Waals surface area contributed by atoms with E-state index in [1.54, 1.807) is 37.3 Å². The SMILES string of the molecule is C[C@@H](C(=O)NCc1ccccc1F)N1CC[C@@]2(CCC1=O)NC(=O)c1ccccc1N2. The summed E-state index contributed by atoms with van der Waals surface area (Å²) >= 11 is 0. The number of amides is 3. The lowest BCUT2D eigenvalue weighted by Gasteiger charge is -2.40. The van der Waals surface area contributed by atoms with Gasteiger partial charge in [0.05, 0.1) is 5.56 Å². The molecule has 2 aliphatic heterocycles. The molecule has 162 valence electrons. The molecule has 1 spiro atoms. The predicted molar refractivity (Wildman–Crippen MR) is 114 cm³/mol. The summed E-state index contributed by atoms with van der Waals surface area (Å²) in [5.41, 5.74) is 0.959. The van der Waals surface area contributed by atoms with E-state index in [1.807, 2.05) is 12.1 Å². The van der Waals surface area contributed by atoms with Crippen LogP contribution in [0.2, 0.25) is 0 Å². The van der Waals surface area contributed by atoms with Crippen molar-refractivity contribution in [2.75, 3.05) is 11.9 Å². The van der Waals surface area contributed by atoms with E-state index in [4.69, 9.17) is 0 Å². The van der Waals surface area contributed by atoms with Gasteiger partial charge in [-0.15, -0.1) is 0 Å². The minimum absolute atomic E-state index is 0.0518. The number of para-hydroxylation sites is 1. The normalized spacial score (nSPS) is 21.5. The molecule has 2 aromatic carbocycles. The third kappa shape index (κ3) is 4.23. The molecule has 7 nitrogen and oxygen atoms in total. The Hall–Kier alpha value is -3.42. The Morgan fingerprint density at radius 2 is 1.87 bits per heavy atom. The van der Waals surface area contributed by atoms with Crippen LogP contribution in [-0.2, 0) is 16.1 Å². The van der Waals surface area contributed by atoms with Gasteiger partial charge < -0.3 is 20.9 Å². The minimum Gasteiger partial charge on any atom is -0.362 e. The maximum atomic E-state index is 13.8. The molecule has 0 bridgehead atoms. The monoisotopic (exact) mass is 424 g/mol. The van der Waals surface area contributed by atoms with Crippen molar-refractivity contribution in [3.63, 3.8) is 0 Å². The highest BCUT2D eigenvalue weighted by atomic mass is 19.1. The zero-order chi connectivity index (χ0) is 22.0. The molecule has 3 N–H and O–H groups in total. The van der Waals surface area contributed by atoms with Gasteiger partial charge in [-0.3, -0.25) is 14.4 Å². The summed E-state index contributed by atoms with van der Waals surface area (Å²) in [7, 11) is 0. The van der Waals surface area contributed by atoms with Crippen molar-refractivity contribution in [2.24, 2.45) is 0 Å². The van der Waals surface area contributed by atoms with Crippen LogP contribution < -0.4 is 16.0 Å².